The molecule has 1 heterocycles. The minimum absolute atomic E-state index is 0.120. The van der Waals surface area contributed by atoms with Gasteiger partial charge in [0.05, 0.1) is 7.11 Å². The fourth-order valence-corrected chi connectivity index (χ4v) is 1.70. The normalized spacial score (nSPS) is 14.8. The van der Waals surface area contributed by atoms with E-state index < -0.39 is 17.8 Å². The van der Waals surface area contributed by atoms with Crippen LogP contribution in [-0.2, 0) is 9.59 Å². The second-order valence-electron chi connectivity index (χ2n) is 4.02. The summed E-state index contributed by atoms with van der Waals surface area (Å²) < 4.78 is 5.16. The zero-order chi connectivity index (χ0) is 14.0. The standard InChI is InChI=1S/C13H12N2O4/c1-7-3-4-8(6-10(7)19-2)5-9-11(16)14-13(18)15-12(9)17/h3-6H,1-2H3,(H2,14,15,16,17,18). The highest BCUT2D eigenvalue weighted by molar-refractivity contribution is 6.31. The summed E-state index contributed by atoms with van der Waals surface area (Å²) in [4.78, 5) is 34.0. The van der Waals surface area contributed by atoms with Gasteiger partial charge in [0.2, 0.25) is 0 Å². The van der Waals surface area contributed by atoms with Gasteiger partial charge in [0, 0.05) is 0 Å². The van der Waals surface area contributed by atoms with Crippen LogP contribution < -0.4 is 15.4 Å². The highest BCUT2D eigenvalue weighted by Gasteiger charge is 2.27. The van der Waals surface area contributed by atoms with E-state index >= 15 is 0 Å². The van der Waals surface area contributed by atoms with Gasteiger partial charge in [-0.1, -0.05) is 12.1 Å². The first kappa shape index (κ1) is 12.8. The molecule has 19 heavy (non-hydrogen) atoms. The van der Waals surface area contributed by atoms with Gasteiger partial charge in [0.1, 0.15) is 11.3 Å². The maximum absolute atomic E-state index is 11.5. The second kappa shape index (κ2) is 4.93. The van der Waals surface area contributed by atoms with Crippen molar-refractivity contribution >= 4 is 23.9 Å². The average Bonchev–Trinajstić information content (AvgIpc) is 2.35. The highest BCUT2D eigenvalue weighted by Crippen LogP contribution is 2.21. The Labute approximate surface area is 109 Å². The van der Waals surface area contributed by atoms with Crippen molar-refractivity contribution in [2.75, 3.05) is 7.11 Å². The summed E-state index contributed by atoms with van der Waals surface area (Å²) in [6.07, 6.45) is 1.40. The molecule has 1 fully saturated rings. The largest absolute Gasteiger partial charge is 0.496 e. The number of carbonyl (C=O) groups is 3. The smallest absolute Gasteiger partial charge is 0.328 e. The predicted molar refractivity (Wildman–Crippen MR) is 67.4 cm³/mol. The molecule has 98 valence electrons. The summed E-state index contributed by atoms with van der Waals surface area (Å²) in [6.45, 7) is 1.88. The minimum atomic E-state index is -0.811. The van der Waals surface area contributed by atoms with Crippen molar-refractivity contribution in [3.8, 4) is 5.75 Å². The van der Waals surface area contributed by atoms with E-state index in [2.05, 4.69) is 0 Å². The molecule has 1 aromatic carbocycles. The van der Waals surface area contributed by atoms with Gasteiger partial charge in [-0.3, -0.25) is 20.2 Å². The summed E-state index contributed by atoms with van der Waals surface area (Å²) in [6, 6.07) is 4.46. The lowest BCUT2D eigenvalue weighted by Crippen LogP contribution is -2.51. The van der Waals surface area contributed by atoms with Crippen molar-refractivity contribution < 1.29 is 19.1 Å². The van der Waals surface area contributed by atoms with Gasteiger partial charge in [0.25, 0.3) is 11.8 Å². The van der Waals surface area contributed by atoms with E-state index in [1.807, 2.05) is 23.6 Å². The van der Waals surface area contributed by atoms with Crippen LogP contribution in [0.3, 0.4) is 0 Å². The van der Waals surface area contributed by atoms with E-state index in [-0.39, 0.29) is 5.57 Å². The van der Waals surface area contributed by atoms with Gasteiger partial charge < -0.3 is 4.74 Å². The van der Waals surface area contributed by atoms with Crippen LogP contribution >= 0.6 is 0 Å². The number of rotatable bonds is 2. The third-order valence-electron chi connectivity index (χ3n) is 2.69. The quantitative estimate of drug-likeness (QED) is 0.607. The number of aryl methyl sites for hydroxylation is 1. The molecular formula is C13H12N2O4. The first-order valence-corrected chi connectivity index (χ1v) is 5.54. The highest BCUT2D eigenvalue weighted by atomic mass is 16.5. The molecule has 2 N–H and O–H groups in total. The number of hydrogen-bond donors (Lipinski definition) is 2. The SMILES string of the molecule is COc1cc(C=C2C(=O)NC(=O)NC2=O)ccc1C. The molecule has 0 aromatic heterocycles. The van der Waals surface area contributed by atoms with E-state index in [0.717, 1.165) is 5.56 Å². The van der Waals surface area contributed by atoms with Crippen LogP contribution in [0.1, 0.15) is 11.1 Å². The molecule has 6 nitrogen and oxygen atoms in total. The van der Waals surface area contributed by atoms with Gasteiger partial charge in [-0.05, 0) is 30.2 Å². The Bertz CT molecular complexity index is 583. The molecule has 0 atom stereocenters. The minimum Gasteiger partial charge on any atom is -0.496 e. The van der Waals surface area contributed by atoms with E-state index in [4.69, 9.17) is 4.74 Å². The number of hydrogen-bond acceptors (Lipinski definition) is 4. The number of methoxy groups -OCH3 is 1. The fraction of sp³-hybridized carbons (Fsp3) is 0.154. The molecule has 0 radical (unpaired) electrons. The molecule has 1 aliphatic heterocycles. The molecule has 6 heteroatoms. The Morgan fingerprint density at radius 1 is 1.11 bits per heavy atom. The maximum Gasteiger partial charge on any atom is 0.328 e. The Morgan fingerprint density at radius 3 is 2.32 bits per heavy atom. The zero-order valence-electron chi connectivity index (χ0n) is 10.4. The van der Waals surface area contributed by atoms with Crippen molar-refractivity contribution in [3.63, 3.8) is 0 Å². The molecule has 1 aliphatic rings. The molecule has 0 bridgehead atoms. The molecular weight excluding hydrogens is 248 g/mol. The Morgan fingerprint density at radius 2 is 1.74 bits per heavy atom. The third-order valence-corrected chi connectivity index (χ3v) is 2.69. The van der Waals surface area contributed by atoms with Crippen molar-refractivity contribution in [2.24, 2.45) is 0 Å². The number of amides is 4. The summed E-state index contributed by atoms with van der Waals surface area (Å²) in [5.41, 5.74) is 1.46. The lowest BCUT2D eigenvalue weighted by Gasteiger charge is -2.14. The van der Waals surface area contributed by atoms with Crippen LogP contribution in [0.25, 0.3) is 6.08 Å². The fourth-order valence-electron chi connectivity index (χ4n) is 1.70. The number of carbonyl (C=O) groups excluding carboxylic acids is 3. The van der Waals surface area contributed by atoms with Crippen LogP contribution in [0.15, 0.2) is 23.8 Å². The van der Waals surface area contributed by atoms with E-state index in [1.54, 1.807) is 12.1 Å². The molecule has 2 rings (SSSR count). The van der Waals surface area contributed by atoms with Gasteiger partial charge in [-0.25, -0.2) is 4.79 Å². The van der Waals surface area contributed by atoms with E-state index in [1.165, 1.54) is 13.2 Å². The third kappa shape index (κ3) is 2.62. The van der Waals surface area contributed by atoms with Crippen LogP contribution in [-0.4, -0.2) is 25.0 Å². The topological polar surface area (TPSA) is 84.5 Å². The Hall–Kier alpha value is -2.63. The molecule has 0 unspecified atom stereocenters. The first-order chi connectivity index (χ1) is 9.01. The van der Waals surface area contributed by atoms with Crippen molar-refractivity contribution in [1.29, 1.82) is 0 Å². The lowest BCUT2D eigenvalue weighted by atomic mass is 10.1. The monoisotopic (exact) mass is 260 g/mol. The number of nitrogens with one attached hydrogen (secondary N) is 2. The molecule has 0 aliphatic carbocycles. The number of imide groups is 2. The van der Waals surface area contributed by atoms with Crippen molar-refractivity contribution in [2.45, 2.75) is 6.92 Å². The van der Waals surface area contributed by atoms with Gasteiger partial charge >= 0.3 is 6.03 Å². The van der Waals surface area contributed by atoms with Crippen LogP contribution in [0.5, 0.6) is 5.75 Å². The number of benzene rings is 1. The summed E-state index contributed by atoms with van der Waals surface area (Å²) in [5, 5.41) is 4.02. The number of barbiturate groups is 1. The van der Waals surface area contributed by atoms with Gasteiger partial charge in [-0.15, -0.1) is 0 Å². The van der Waals surface area contributed by atoms with Crippen LogP contribution in [0.2, 0.25) is 0 Å². The summed E-state index contributed by atoms with van der Waals surface area (Å²) in [5.74, 6) is -0.774. The summed E-state index contributed by atoms with van der Waals surface area (Å²) >= 11 is 0. The molecule has 0 saturated carbocycles. The molecule has 4 amide bonds. The van der Waals surface area contributed by atoms with Crippen LogP contribution in [0, 0.1) is 6.92 Å². The molecule has 0 spiro atoms. The maximum atomic E-state index is 11.5. The van der Waals surface area contributed by atoms with Gasteiger partial charge in [0.15, 0.2) is 0 Å². The number of ether oxygens (including phenoxy) is 1. The molecule has 1 aromatic rings. The zero-order valence-corrected chi connectivity index (χ0v) is 10.4. The lowest BCUT2D eigenvalue weighted by molar-refractivity contribution is -0.123. The number of urea groups is 1. The average molecular weight is 260 g/mol. The second-order valence-corrected chi connectivity index (χ2v) is 4.02. The Kier molecular flexibility index (Phi) is 3.33. The van der Waals surface area contributed by atoms with Crippen LogP contribution in [0.4, 0.5) is 4.79 Å². The van der Waals surface area contributed by atoms with E-state index in [0.29, 0.717) is 11.3 Å². The van der Waals surface area contributed by atoms with E-state index in [9.17, 15) is 14.4 Å². The van der Waals surface area contributed by atoms with Gasteiger partial charge in [-0.2, -0.15) is 0 Å². The summed E-state index contributed by atoms with van der Waals surface area (Å²) in [7, 11) is 1.54. The van der Waals surface area contributed by atoms with Crippen molar-refractivity contribution in [3.05, 3.63) is 34.9 Å². The predicted octanol–water partition coefficient (Wildman–Crippen LogP) is 0.753. The Balaban J connectivity index is 2.37. The van der Waals surface area contributed by atoms with Crippen molar-refractivity contribution in [1.82, 2.24) is 10.6 Å². The molecule has 1 saturated heterocycles. The first-order valence-electron chi connectivity index (χ1n) is 5.54.